The second-order valence-electron chi connectivity index (χ2n) is 3.67. The van der Waals surface area contributed by atoms with Crippen molar-refractivity contribution in [2.75, 3.05) is 0 Å². The van der Waals surface area contributed by atoms with E-state index in [-0.39, 0.29) is 5.82 Å². The van der Waals surface area contributed by atoms with E-state index in [0.29, 0.717) is 16.4 Å². The molecule has 2 nitrogen and oxygen atoms in total. The maximum Gasteiger partial charge on any atom is 0.162 e. The van der Waals surface area contributed by atoms with E-state index in [1.165, 1.54) is 12.1 Å². The average molecular weight is 316 g/mol. The second kappa shape index (κ2) is 4.70. The Morgan fingerprint density at radius 2 is 1.94 bits per heavy atom. The fraction of sp³-hybridized carbons (Fsp3) is 0.167. The molecule has 1 aromatic heterocycles. The Morgan fingerprint density at radius 1 is 1.24 bits per heavy atom. The molecule has 0 bridgehead atoms. The van der Waals surface area contributed by atoms with Gasteiger partial charge in [-0.15, -0.1) is 0 Å². The summed E-state index contributed by atoms with van der Waals surface area (Å²) < 4.78 is 13.7. The van der Waals surface area contributed by atoms with E-state index in [1.807, 2.05) is 13.8 Å². The highest BCUT2D eigenvalue weighted by Gasteiger charge is 2.11. The molecule has 0 aliphatic heterocycles. The van der Waals surface area contributed by atoms with Crippen LogP contribution in [0.5, 0.6) is 0 Å². The lowest BCUT2D eigenvalue weighted by molar-refractivity contribution is 0.628. The lowest BCUT2D eigenvalue weighted by Crippen LogP contribution is -1.97. The first-order chi connectivity index (χ1) is 7.99. The molecule has 0 N–H and O–H groups in total. The number of halogens is 3. The molecule has 0 atom stereocenters. The monoisotopic (exact) mass is 314 g/mol. The van der Waals surface area contributed by atoms with E-state index in [0.717, 1.165) is 15.9 Å². The van der Waals surface area contributed by atoms with Crippen LogP contribution in [0.2, 0.25) is 5.02 Å². The Labute approximate surface area is 112 Å². The highest BCUT2D eigenvalue weighted by atomic mass is 79.9. The third-order valence-electron chi connectivity index (χ3n) is 2.50. The van der Waals surface area contributed by atoms with Crippen molar-refractivity contribution in [3.8, 4) is 11.4 Å². The van der Waals surface area contributed by atoms with Crippen LogP contribution in [0, 0.1) is 19.7 Å². The maximum atomic E-state index is 13.0. The van der Waals surface area contributed by atoms with E-state index >= 15 is 0 Å². The SMILES string of the molecule is Cc1nc(-c2ccc(F)cc2Cl)nc(Br)c1C. The molecule has 17 heavy (non-hydrogen) atoms. The molecule has 1 aromatic carbocycles. The molecule has 0 radical (unpaired) electrons. The minimum atomic E-state index is -0.373. The summed E-state index contributed by atoms with van der Waals surface area (Å²) in [4.78, 5) is 8.64. The van der Waals surface area contributed by atoms with Gasteiger partial charge in [-0.1, -0.05) is 11.6 Å². The van der Waals surface area contributed by atoms with Gasteiger partial charge in [0.1, 0.15) is 10.4 Å². The zero-order valence-corrected chi connectivity index (χ0v) is 11.6. The van der Waals surface area contributed by atoms with Gasteiger partial charge >= 0.3 is 0 Å². The van der Waals surface area contributed by atoms with Crippen LogP contribution in [0.1, 0.15) is 11.3 Å². The summed E-state index contributed by atoms with van der Waals surface area (Å²) in [6.07, 6.45) is 0. The molecule has 2 rings (SSSR count). The van der Waals surface area contributed by atoms with E-state index in [2.05, 4.69) is 25.9 Å². The fourth-order valence-electron chi connectivity index (χ4n) is 1.39. The van der Waals surface area contributed by atoms with Gasteiger partial charge in [-0.25, -0.2) is 14.4 Å². The lowest BCUT2D eigenvalue weighted by atomic mass is 10.2. The zero-order chi connectivity index (χ0) is 12.6. The van der Waals surface area contributed by atoms with Crippen LogP contribution in [0.3, 0.4) is 0 Å². The van der Waals surface area contributed by atoms with Gasteiger partial charge < -0.3 is 0 Å². The molecule has 0 saturated carbocycles. The highest BCUT2D eigenvalue weighted by molar-refractivity contribution is 9.10. The normalized spacial score (nSPS) is 10.6. The number of benzene rings is 1. The van der Waals surface area contributed by atoms with Crippen molar-refractivity contribution in [2.45, 2.75) is 13.8 Å². The molecule has 2 aromatic rings. The van der Waals surface area contributed by atoms with Crippen molar-refractivity contribution < 1.29 is 4.39 Å². The van der Waals surface area contributed by atoms with Crippen molar-refractivity contribution in [3.63, 3.8) is 0 Å². The summed E-state index contributed by atoms with van der Waals surface area (Å²) in [6.45, 7) is 3.82. The number of aromatic nitrogens is 2. The minimum absolute atomic E-state index is 0.306. The summed E-state index contributed by atoms with van der Waals surface area (Å²) in [5, 5.41) is 0.306. The largest absolute Gasteiger partial charge is 0.233 e. The van der Waals surface area contributed by atoms with Gasteiger partial charge in [-0.05, 0) is 48.0 Å². The Morgan fingerprint density at radius 3 is 2.53 bits per heavy atom. The van der Waals surface area contributed by atoms with Crippen molar-refractivity contribution in [3.05, 3.63) is 44.9 Å². The van der Waals surface area contributed by atoms with Gasteiger partial charge in [0, 0.05) is 16.8 Å². The summed E-state index contributed by atoms with van der Waals surface area (Å²) in [5.74, 6) is 0.117. The van der Waals surface area contributed by atoms with Crippen molar-refractivity contribution in [1.29, 1.82) is 0 Å². The first kappa shape index (κ1) is 12.5. The summed E-state index contributed by atoms with van der Waals surface area (Å²) in [7, 11) is 0. The Kier molecular flexibility index (Phi) is 3.45. The van der Waals surface area contributed by atoms with Crippen LogP contribution in [0.4, 0.5) is 4.39 Å². The summed E-state index contributed by atoms with van der Waals surface area (Å²) in [6, 6.07) is 4.17. The molecule has 0 aliphatic rings. The van der Waals surface area contributed by atoms with Crippen LogP contribution in [0.15, 0.2) is 22.8 Å². The maximum absolute atomic E-state index is 13.0. The molecule has 0 amide bonds. The van der Waals surface area contributed by atoms with E-state index in [9.17, 15) is 4.39 Å². The van der Waals surface area contributed by atoms with Gasteiger partial charge in [0.2, 0.25) is 0 Å². The molecular formula is C12H9BrClFN2. The second-order valence-corrected chi connectivity index (χ2v) is 4.83. The van der Waals surface area contributed by atoms with Gasteiger partial charge in [-0.2, -0.15) is 0 Å². The molecular weight excluding hydrogens is 307 g/mol. The van der Waals surface area contributed by atoms with Crippen LogP contribution >= 0.6 is 27.5 Å². The fourth-order valence-corrected chi connectivity index (χ4v) is 2.09. The van der Waals surface area contributed by atoms with Gasteiger partial charge in [0.25, 0.3) is 0 Å². The molecule has 0 spiro atoms. The van der Waals surface area contributed by atoms with E-state index in [4.69, 9.17) is 11.6 Å². The third-order valence-corrected chi connectivity index (χ3v) is 3.59. The lowest BCUT2D eigenvalue weighted by Gasteiger charge is -2.07. The summed E-state index contributed by atoms with van der Waals surface area (Å²) in [5.41, 5.74) is 2.46. The highest BCUT2D eigenvalue weighted by Crippen LogP contribution is 2.28. The number of hydrogen-bond donors (Lipinski definition) is 0. The number of aryl methyl sites for hydroxylation is 1. The predicted molar refractivity (Wildman–Crippen MR) is 69.6 cm³/mol. The summed E-state index contributed by atoms with van der Waals surface area (Å²) >= 11 is 9.34. The molecule has 88 valence electrons. The minimum Gasteiger partial charge on any atom is -0.233 e. The average Bonchev–Trinajstić information content (AvgIpc) is 2.25. The Hall–Kier alpha value is -1.00. The first-order valence-corrected chi connectivity index (χ1v) is 6.12. The van der Waals surface area contributed by atoms with E-state index in [1.54, 1.807) is 6.07 Å². The van der Waals surface area contributed by atoms with Crippen LogP contribution < -0.4 is 0 Å². The molecule has 0 unspecified atom stereocenters. The standard InChI is InChI=1S/C12H9BrClFN2/c1-6-7(2)16-12(17-11(6)13)9-4-3-8(15)5-10(9)14/h3-5H,1-2H3. The molecule has 0 fully saturated rings. The number of nitrogens with zero attached hydrogens (tertiary/aromatic N) is 2. The van der Waals surface area contributed by atoms with Gasteiger partial charge in [0.05, 0.1) is 5.02 Å². The Bertz CT molecular complexity index is 564. The van der Waals surface area contributed by atoms with Gasteiger partial charge in [0.15, 0.2) is 5.82 Å². The van der Waals surface area contributed by atoms with Crippen molar-refractivity contribution >= 4 is 27.5 Å². The molecule has 0 aliphatic carbocycles. The topological polar surface area (TPSA) is 25.8 Å². The predicted octanol–water partition coefficient (Wildman–Crippen LogP) is 4.32. The first-order valence-electron chi connectivity index (χ1n) is 4.95. The smallest absolute Gasteiger partial charge is 0.162 e. The number of hydrogen-bond acceptors (Lipinski definition) is 2. The van der Waals surface area contributed by atoms with Gasteiger partial charge in [-0.3, -0.25) is 0 Å². The third kappa shape index (κ3) is 2.48. The van der Waals surface area contributed by atoms with Crippen LogP contribution in [-0.4, -0.2) is 9.97 Å². The van der Waals surface area contributed by atoms with E-state index < -0.39 is 0 Å². The number of rotatable bonds is 1. The van der Waals surface area contributed by atoms with Crippen LogP contribution in [-0.2, 0) is 0 Å². The van der Waals surface area contributed by atoms with Crippen molar-refractivity contribution in [1.82, 2.24) is 9.97 Å². The molecule has 0 saturated heterocycles. The zero-order valence-electron chi connectivity index (χ0n) is 9.26. The quantitative estimate of drug-likeness (QED) is 0.733. The molecule has 1 heterocycles. The van der Waals surface area contributed by atoms with Crippen LogP contribution in [0.25, 0.3) is 11.4 Å². The Balaban J connectivity index is 2.61. The molecule has 5 heteroatoms. The van der Waals surface area contributed by atoms with Crippen molar-refractivity contribution in [2.24, 2.45) is 0 Å².